The zero-order valence-corrected chi connectivity index (χ0v) is 16.0. The molecule has 1 aromatic carbocycles. The molecule has 0 bridgehead atoms. The van der Waals surface area contributed by atoms with Crippen LogP contribution in [0.3, 0.4) is 0 Å². The van der Waals surface area contributed by atoms with E-state index in [4.69, 9.17) is 9.47 Å². The van der Waals surface area contributed by atoms with Crippen LogP contribution in [-0.2, 0) is 0 Å². The SMILES string of the molecule is COc1cccc(NC(=O)NCC(c2ccsc2)N2CCCC2)c1OC. The quantitative estimate of drug-likeness (QED) is 0.774. The van der Waals surface area contributed by atoms with E-state index >= 15 is 0 Å². The minimum Gasteiger partial charge on any atom is -0.493 e. The van der Waals surface area contributed by atoms with E-state index in [1.165, 1.54) is 18.4 Å². The molecule has 2 heterocycles. The number of benzene rings is 1. The molecular weight excluding hydrogens is 350 g/mol. The molecule has 140 valence electrons. The molecule has 1 saturated heterocycles. The van der Waals surface area contributed by atoms with Crippen molar-refractivity contribution in [3.8, 4) is 11.5 Å². The highest BCUT2D eigenvalue weighted by Gasteiger charge is 2.24. The molecular formula is C19H25N3O3S. The van der Waals surface area contributed by atoms with Gasteiger partial charge in [-0.1, -0.05) is 6.07 Å². The maximum atomic E-state index is 12.4. The Morgan fingerprint density at radius 3 is 2.69 bits per heavy atom. The van der Waals surface area contributed by atoms with Gasteiger partial charge in [0.2, 0.25) is 0 Å². The van der Waals surface area contributed by atoms with Crippen molar-refractivity contribution >= 4 is 23.1 Å². The molecule has 2 N–H and O–H groups in total. The molecule has 1 aromatic heterocycles. The van der Waals surface area contributed by atoms with E-state index in [2.05, 4.69) is 32.4 Å². The average Bonchev–Trinajstić information content (AvgIpc) is 3.36. The maximum absolute atomic E-state index is 12.4. The van der Waals surface area contributed by atoms with E-state index in [1.807, 2.05) is 6.07 Å². The van der Waals surface area contributed by atoms with Crippen molar-refractivity contribution in [2.45, 2.75) is 18.9 Å². The third-order valence-electron chi connectivity index (χ3n) is 4.62. The van der Waals surface area contributed by atoms with Gasteiger partial charge in [-0.25, -0.2) is 4.79 Å². The summed E-state index contributed by atoms with van der Waals surface area (Å²) in [5, 5.41) is 10.1. The molecule has 6 nitrogen and oxygen atoms in total. The highest BCUT2D eigenvalue weighted by atomic mass is 32.1. The van der Waals surface area contributed by atoms with Crippen molar-refractivity contribution < 1.29 is 14.3 Å². The first kappa shape index (κ1) is 18.5. The normalized spacial score (nSPS) is 15.5. The molecule has 2 aromatic rings. The molecule has 1 fully saturated rings. The van der Waals surface area contributed by atoms with Crippen LogP contribution in [0.2, 0.25) is 0 Å². The van der Waals surface area contributed by atoms with Crippen LogP contribution in [0.25, 0.3) is 0 Å². The highest BCUT2D eigenvalue weighted by Crippen LogP contribution is 2.34. The fraction of sp³-hybridized carbons (Fsp3) is 0.421. The van der Waals surface area contributed by atoms with Crippen LogP contribution in [0.5, 0.6) is 11.5 Å². The standard InChI is InChI=1S/C19H25N3O3S/c1-24-17-7-5-6-15(18(17)25-2)21-19(23)20-12-16(14-8-11-26-13-14)22-9-3-4-10-22/h5-8,11,13,16H,3-4,9-10,12H2,1-2H3,(H2,20,21,23). The summed E-state index contributed by atoms with van der Waals surface area (Å²) in [5.41, 5.74) is 1.84. The number of carbonyl (C=O) groups is 1. The van der Waals surface area contributed by atoms with Gasteiger partial charge in [0.1, 0.15) is 0 Å². The lowest BCUT2D eigenvalue weighted by Gasteiger charge is -2.27. The Kier molecular flexibility index (Phi) is 6.35. The fourth-order valence-electron chi connectivity index (χ4n) is 3.32. The fourth-order valence-corrected chi connectivity index (χ4v) is 4.02. The van der Waals surface area contributed by atoms with Crippen molar-refractivity contribution in [1.82, 2.24) is 10.2 Å². The number of anilines is 1. The van der Waals surface area contributed by atoms with Crippen molar-refractivity contribution in [3.05, 3.63) is 40.6 Å². The first-order valence-corrected chi connectivity index (χ1v) is 9.69. The van der Waals surface area contributed by atoms with E-state index < -0.39 is 0 Å². The average molecular weight is 375 g/mol. The van der Waals surface area contributed by atoms with E-state index in [0.29, 0.717) is 23.7 Å². The Hall–Kier alpha value is -2.25. The molecule has 1 unspecified atom stereocenters. The largest absolute Gasteiger partial charge is 0.493 e. The van der Waals surface area contributed by atoms with Gasteiger partial charge < -0.3 is 20.1 Å². The molecule has 0 aliphatic carbocycles. The van der Waals surface area contributed by atoms with E-state index in [1.54, 1.807) is 37.7 Å². The first-order valence-electron chi connectivity index (χ1n) is 8.75. The zero-order valence-electron chi connectivity index (χ0n) is 15.2. The van der Waals surface area contributed by atoms with Crippen LogP contribution >= 0.6 is 11.3 Å². The predicted octanol–water partition coefficient (Wildman–Crippen LogP) is 3.72. The lowest BCUT2D eigenvalue weighted by Crippen LogP contribution is -2.38. The summed E-state index contributed by atoms with van der Waals surface area (Å²) in [6, 6.07) is 7.49. The third kappa shape index (κ3) is 4.28. The second-order valence-corrected chi connectivity index (χ2v) is 6.97. The second-order valence-electron chi connectivity index (χ2n) is 6.19. The number of para-hydroxylation sites is 1. The van der Waals surface area contributed by atoms with Crippen LogP contribution in [-0.4, -0.2) is 44.8 Å². The number of likely N-dealkylation sites (tertiary alicyclic amines) is 1. The van der Waals surface area contributed by atoms with Crippen molar-refractivity contribution in [1.29, 1.82) is 0 Å². The van der Waals surface area contributed by atoms with Crippen LogP contribution < -0.4 is 20.1 Å². The van der Waals surface area contributed by atoms with Gasteiger partial charge in [-0.3, -0.25) is 4.90 Å². The minimum atomic E-state index is -0.254. The summed E-state index contributed by atoms with van der Waals surface area (Å²) in [6.07, 6.45) is 2.43. The number of carbonyl (C=O) groups excluding carboxylic acids is 1. The third-order valence-corrected chi connectivity index (χ3v) is 5.32. The van der Waals surface area contributed by atoms with Crippen LogP contribution in [0.1, 0.15) is 24.4 Å². The van der Waals surface area contributed by atoms with E-state index in [0.717, 1.165) is 13.1 Å². The topological polar surface area (TPSA) is 62.8 Å². The van der Waals surface area contributed by atoms with Crippen LogP contribution in [0, 0.1) is 0 Å². The van der Waals surface area contributed by atoms with Gasteiger partial charge >= 0.3 is 6.03 Å². The van der Waals surface area contributed by atoms with Gasteiger partial charge in [0.25, 0.3) is 0 Å². The Balaban J connectivity index is 1.64. The monoisotopic (exact) mass is 375 g/mol. The summed E-state index contributed by atoms with van der Waals surface area (Å²) in [7, 11) is 3.13. The van der Waals surface area contributed by atoms with Gasteiger partial charge in [0.15, 0.2) is 11.5 Å². The highest BCUT2D eigenvalue weighted by molar-refractivity contribution is 7.07. The van der Waals surface area contributed by atoms with Gasteiger partial charge in [0.05, 0.1) is 25.9 Å². The number of rotatable bonds is 7. The number of ether oxygens (including phenoxy) is 2. The summed E-state index contributed by atoms with van der Waals surface area (Å²) in [5.74, 6) is 1.09. The first-order chi connectivity index (χ1) is 12.7. The van der Waals surface area contributed by atoms with E-state index in [-0.39, 0.29) is 12.1 Å². The minimum absolute atomic E-state index is 0.210. The van der Waals surface area contributed by atoms with E-state index in [9.17, 15) is 4.79 Å². The van der Waals surface area contributed by atoms with Gasteiger partial charge in [0, 0.05) is 6.54 Å². The van der Waals surface area contributed by atoms with Crippen LogP contribution in [0.15, 0.2) is 35.0 Å². The molecule has 3 rings (SSSR count). The molecule has 0 radical (unpaired) electrons. The molecule has 0 saturated carbocycles. The number of amides is 2. The Bertz CT molecular complexity index is 715. The van der Waals surface area contributed by atoms with Crippen molar-refractivity contribution in [2.75, 3.05) is 39.2 Å². The lowest BCUT2D eigenvalue weighted by molar-refractivity contribution is 0.228. The van der Waals surface area contributed by atoms with Gasteiger partial charge in [-0.15, -0.1) is 0 Å². The number of nitrogens with one attached hydrogen (secondary N) is 2. The van der Waals surface area contributed by atoms with Gasteiger partial charge in [-0.05, 0) is 60.5 Å². The molecule has 1 atom stereocenters. The molecule has 1 aliphatic rings. The summed E-state index contributed by atoms with van der Waals surface area (Å²) in [6.45, 7) is 2.72. The van der Waals surface area contributed by atoms with Crippen LogP contribution in [0.4, 0.5) is 10.5 Å². The zero-order chi connectivity index (χ0) is 18.4. The molecule has 2 amide bonds. The predicted molar refractivity (Wildman–Crippen MR) is 104 cm³/mol. The number of urea groups is 1. The number of hydrogen-bond acceptors (Lipinski definition) is 5. The second kappa shape index (κ2) is 8.91. The maximum Gasteiger partial charge on any atom is 0.319 e. The Labute approximate surface area is 158 Å². The number of nitrogens with zero attached hydrogens (tertiary/aromatic N) is 1. The number of hydrogen-bond donors (Lipinski definition) is 2. The van der Waals surface area contributed by atoms with Crippen molar-refractivity contribution in [2.24, 2.45) is 0 Å². The smallest absolute Gasteiger partial charge is 0.319 e. The summed E-state index contributed by atoms with van der Waals surface area (Å²) >= 11 is 1.69. The van der Waals surface area contributed by atoms with Gasteiger partial charge in [-0.2, -0.15) is 11.3 Å². The molecule has 26 heavy (non-hydrogen) atoms. The molecule has 1 aliphatic heterocycles. The summed E-state index contributed by atoms with van der Waals surface area (Å²) in [4.78, 5) is 14.9. The number of thiophene rings is 1. The molecule has 0 spiro atoms. The Morgan fingerprint density at radius 2 is 2.04 bits per heavy atom. The Morgan fingerprint density at radius 1 is 1.23 bits per heavy atom. The number of methoxy groups -OCH3 is 2. The summed E-state index contributed by atoms with van der Waals surface area (Å²) < 4.78 is 10.6. The molecule has 7 heteroatoms. The lowest BCUT2D eigenvalue weighted by atomic mass is 10.1. The van der Waals surface area contributed by atoms with Crippen molar-refractivity contribution in [3.63, 3.8) is 0 Å².